The molecule has 5 nitrogen and oxygen atoms in total. The standard InChI is InChI=1S/C12H15N3O2/c1-16-10-5-3-4-8(12(10)17-2)9-6-7-11(13)15-14-9/h3-5H,6-7H2,1-2H3,(H2,13,15). The number of amidine groups is 1. The maximum atomic E-state index is 5.59. The summed E-state index contributed by atoms with van der Waals surface area (Å²) in [4.78, 5) is 0. The Labute approximate surface area is 99.9 Å². The quantitative estimate of drug-likeness (QED) is 0.861. The van der Waals surface area contributed by atoms with Gasteiger partial charge in [-0.2, -0.15) is 5.10 Å². The van der Waals surface area contributed by atoms with Crippen molar-refractivity contribution >= 4 is 11.5 Å². The van der Waals surface area contributed by atoms with Crippen molar-refractivity contribution in [3.8, 4) is 11.5 Å². The van der Waals surface area contributed by atoms with Crippen LogP contribution in [-0.4, -0.2) is 25.8 Å². The molecule has 0 saturated heterocycles. The number of hydrogen-bond acceptors (Lipinski definition) is 5. The van der Waals surface area contributed by atoms with Gasteiger partial charge in [-0.05, 0) is 18.6 Å². The molecule has 0 aliphatic carbocycles. The molecule has 1 aliphatic heterocycles. The van der Waals surface area contributed by atoms with Crippen molar-refractivity contribution in [1.82, 2.24) is 0 Å². The van der Waals surface area contributed by atoms with Gasteiger partial charge >= 0.3 is 0 Å². The van der Waals surface area contributed by atoms with Crippen LogP contribution in [0.15, 0.2) is 28.4 Å². The molecule has 0 bridgehead atoms. The Morgan fingerprint density at radius 1 is 1.12 bits per heavy atom. The highest BCUT2D eigenvalue weighted by Gasteiger charge is 2.17. The summed E-state index contributed by atoms with van der Waals surface area (Å²) in [6.07, 6.45) is 1.48. The molecule has 1 aromatic rings. The van der Waals surface area contributed by atoms with E-state index in [4.69, 9.17) is 15.2 Å². The van der Waals surface area contributed by atoms with Crippen LogP contribution >= 0.6 is 0 Å². The highest BCUT2D eigenvalue weighted by molar-refractivity contribution is 6.06. The summed E-state index contributed by atoms with van der Waals surface area (Å²) in [5, 5.41) is 8.01. The molecular weight excluding hydrogens is 218 g/mol. The highest BCUT2D eigenvalue weighted by atomic mass is 16.5. The van der Waals surface area contributed by atoms with E-state index in [-0.39, 0.29) is 0 Å². The van der Waals surface area contributed by atoms with Crippen molar-refractivity contribution in [2.45, 2.75) is 12.8 Å². The van der Waals surface area contributed by atoms with E-state index in [1.807, 2.05) is 18.2 Å². The molecule has 0 saturated carbocycles. The third-order valence-electron chi connectivity index (χ3n) is 2.63. The summed E-state index contributed by atoms with van der Waals surface area (Å²) in [7, 11) is 3.23. The third kappa shape index (κ3) is 2.22. The second-order valence-electron chi connectivity index (χ2n) is 3.68. The summed E-state index contributed by atoms with van der Waals surface area (Å²) in [6.45, 7) is 0. The van der Waals surface area contributed by atoms with Gasteiger partial charge in [0.15, 0.2) is 11.5 Å². The Kier molecular flexibility index (Phi) is 3.27. The fraction of sp³-hybridized carbons (Fsp3) is 0.333. The van der Waals surface area contributed by atoms with Gasteiger partial charge in [0.1, 0.15) is 5.84 Å². The second-order valence-corrected chi connectivity index (χ2v) is 3.68. The lowest BCUT2D eigenvalue weighted by molar-refractivity contribution is 0.354. The molecule has 1 aliphatic rings. The predicted molar refractivity (Wildman–Crippen MR) is 66.9 cm³/mol. The molecular formula is C12H15N3O2. The number of benzene rings is 1. The topological polar surface area (TPSA) is 69.2 Å². The van der Waals surface area contributed by atoms with Gasteiger partial charge in [0, 0.05) is 12.0 Å². The van der Waals surface area contributed by atoms with Crippen LogP contribution in [0.25, 0.3) is 0 Å². The number of ether oxygens (including phenoxy) is 2. The molecule has 90 valence electrons. The van der Waals surface area contributed by atoms with Crippen molar-refractivity contribution < 1.29 is 9.47 Å². The van der Waals surface area contributed by atoms with Gasteiger partial charge in [0.2, 0.25) is 0 Å². The first-order chi connectivity index (χ1) is 8.26. The molecule has 2 N–H and O–H groups in total. The van der Waals surface area contributed by atoms with E-state index in [1.165, 1.54) is 0 Å². The maximum Gasteiger partial charge on any atom is 0.169 e. The van der Waals surface area contributed by atoms with Crippen molar-refractivity contribution in [1.29, 1.82) is 0 Å². The van der Waals surface area contributed by atoms with Crippen molar-refractivity contribution in [3.63, 3.8) is 0 Å². The van der Waals surface area contributed by atoms with E-state index < -0.39 is 0 Å². The monoisotopic (exact) mass is 233 g/mol. The maximum absolute atomic E-state index is 5.59. The molecule has 5 heteroatoms. The van der Waals surface area contributed by atoms with Gasteiger partial charge in [-0.15, -0.1) is 5.10 Å². The Morgan fingerprint density at radius 2 is 1.94 bits per heavy atom. The number of para-hydroxylation sites is 1. The fourth-order valence-corrected chi connectivity index (χ4v) is 1.77. The predicted octanol–water partition coefficient (Wildman–Crippen LogP) is 1.56. The van der Waals surface area contributed by atoms with E-state index in [1.54, 1.807) is 14.2 Å². The van der Waals surface area contributed by atoms with Gasteiger partial charge in [-0.1, -0.05) is 6.07 Å². The van der Waals surface area contributed by atoms with Crippen LogP contribution in [0.2, 0.25) is 0 Å². The normalized spacial score (nSPS) is 14.9. The summed E-state index contributed by atoms with van der Waals surface area (Å²) in [5.41, 5.74) is 7.36. The molecule has 2 rings (SSSR count). The van der Waals surface area contributed by atoms with Gasteiger partial charge in [-0.25, -0.2) is 0 Å². The van der Waals surface area contributed by atoms with Gasteiger partial charge in [-0.3, -0.25) is 0 Å². The van der Waals surface area contributed by atoms with E-state index in [0.717, 1.165) is 24.1 Å². The van der Waals surface area contributed by atoms with Crippen molar-refractivity contribution in [3.05, 3.63) is 23.8 Å². The molecule has 1 aromatic carbocycles. The minimum atomic E-state index is 0.565. The second kappa shape index (κ2) is 4.86. The number of nitrogens with two attached hydrogens (primary N) is 1. The summed E-state index contributed by atoms with van der Waals surface area (Å²) < 4.78 is 10.6. The molecule has 0 aromatic heterocycles. The van der Waals surface area contributed by atoms with E-state index in [0.29, 0.717) is 17.3 Å². The lowest BCUT2D eigenvalue weighted by atomic mass is 10.0. The minimum absolute atomic E-state index is 0.565. The molecule has 0 amide bonds. The van der Waals surface area contributed by atoms with Crippen LogP contribution in [-0.2, 0) is 0 Å². The lowest BCUT2D eigenvalue weighted by Gasteiger charge is -2.15. The summed E-state index contributed by atoms with van der Waals surface area (Å²) in [6, 6.07) is 5.70. The number of methoxy groups -OCH3 is 2. The van der Waals surface area contributed by atoms with E-state index in [2.05, 4.69) is 10.2 Å². The smallest absolute Gasteiger partial charge is 0.169 e. The van der Waals surface area contributed by atoms with Gasteiger partial charge in [0.25, 0.3) is 0 Å². The van der Waals surface area contributed by atoms with E-state index in [9.17, 15) is 0 Å². The van der Waals surface area contributed by atoms with Crippen LogP contribution in [0.5, 0.6) is 11.5 Å². The fourth-order valence-electron chi connectivity index (χ4n) is 1.77. The Morgan fingerprint density at radius 3 is 2.53 bits per heavy atom. The first-order valence-corrected chi connectivity index (χ1v) is 5.36. The minimum Gasteiger partial charge on any atom is -0.493 e. The zero-order chi connectivity index (χ0) is 12.3. The van der Waals surface area contributed by atoms with Crippen molar-refractivity contribution in [2.24, 2.45) is 15.9 Å². The lowest BCUT2D eigenvalue weighted by Crippen LogP contribution is -2.18. The SMILES string of the molecule is COc1cccc(C2=NN=C(N)CC2)c1OC. The number of nitrogens with zero attached hydrogens (tertiary/aromatic N) is 2. The Bertz CT molecular complexity index is 481. The Balaban J connectivity index is 2.45. The molecule has 17 heavy (non-hydrogen) atoms. The zero-order valence-corrected chi connectivity index (χ0v) is 9.93. The molecule has 0 spiro atoms. The van der Waals surface area contributed by atoms with Crippen LogP contribution in [0.4, 0.5) is 0 Å². The molecule has 0 unspecified atom stereocenters. The largest absolute Gasteiger partial charge is 0.493 e. The summed E-state index contributed by atoms with van der Waals surface area (Å²) in [5.74, 6) is 1.94. The third-order valence-corrected chi connectivity index (χ3v) is 2.63. The van der Waals surface area contributed by atoms with Crippen LogP contribution in [0.3, 0.4) is 0 Å². The van der Waals surface area contributed by atoms with Crippen molar-refractivity contribution in [2.75, 3.05) is 14.2 Å². The zero-order valence-electron chi connectivity index (χ0n) is 9.93. The highest BCUT2D eigenvalue weighted by Crippen LogP contribution is 2.32. The van der Waals surface area contributed by atoms with Gasteiger partial charge in [0.05, 0.1) is 19.9 Å². The molecule has 0 atom stereocenters. The summed E-state index contributed by atoms with van der Waals surface area (Å²) >= 11 is 0. The first kappa shape index (κ1) is 11.4. The first-order valence-electron chi connectivity index (χ1n) is 5.36. The average Bonchev–Trinajstić information content (AvgIpc) is 2.38. The average molecular weight is 233 g/mol. The van der Waals surface area contributed by atoms with E-state index >= 15 is 0 Å². The van der Waals surface area contributed by atoms with Crippen LogP contribution < -0.4 is 15.2 Å². The number of rotatable bonds is 3. The van der Waals surface area contributed by atoms with Crippen LogP contribution in [0, 0.1) is 0 Å². The molecule has 0 fully saturated rings. The van der Waals surface area contributed by atoms with Crippen LogP contribution in [0.1, 0.15) is 18.4 Å². The number of hydrogen-bond donors (Lipinski definition) is 1. The Hall–Kier alpha value is -2.04. The van der Waals surface area contributed by atoms with Gasteiger partial charge < -0.3 is 15.2 Å². The molecule has 0 radical (unpaired) electrons. The molecule has 1 heterocycles.